The molecule has 0 unspecified atom stereocenters. The molecule has 1 N–H and O–H groups in total. The zero-order valence-electron chi connectivity index (χ0n) is 17.8. The van der Waals surface area contributed by atoms with Gasteiger partial charge in [-0.2, -0.15) is 0 Å². The molecule has 2 aliphatic heterocycles. The van der Waals surface area contributed by atoms with Crippen LogP contribution in [0.5, 0.6) is 0 Å². The third-order valence-corrected chi connectivity index (χ3v) is 6.74. The molecule has 0 aromatic carbocycles. The number of likely N-dealkylation sites (tertiary alicyclic amines) is 2. The van der Waals surface area contributed by atoms with Crippen LogP contribution in [0, 0.1) is 5.92 Å². The highest BCUT2D eigenvalue weighted by atomic mass is 16.2. The first kappa shape index (κ1) is 21.3. The first-order valence-corrected chi connectivity index (χ1v) is 11.2. The summed E-state index contributed by atoms with van der Waals surface area (Å²) in [5.74, 6) is 0.550. The molecule has 0 aromatic heterocycles. The highest BCUT2D eigenvalue weighted by Gasteiger charge is 2.41. The van der Waals surface area contributed by atoms with Gasteiger partial charge in [0.2, 0.25) is 0 Å². The molecule has 2 saturated heterocycles. The maximum atomic E-state index is 12.9. The Hall–Kier alpha value is -1.40. The van der Waals surface area contributed by atoms with Crippen molar-refractivity contribution in [1.82, 2.24) is 20.0 Å². The Morgan fingerprint density at radius 3 is 2.64 bits per heavy atom. The lowest BCUT2D eigenvalue weighted by Gasteiger charge is -2.47. The molecule has 3 rings (SSSR count). The summed E-state index contributed by atoms with van der Waals surface area (Å²) in [6.45, 7) is 14.9. The van der Waals surface area contributed by atoms with Crippen LogP contribution in [0.2, 0.25) is 0 Å². The van der Waals surface area contributed by atoms with Crippen molar-refractivity contribution in [2.75, 3.05) is 45.8 Å². The standard InChI is InChI=1S/C22H38N4O2/c1-4-8-26-16-19(14-18-15-21(27)17(3)13-20(18)26)23-22(28)25(5-2)12-11-24-9-6-7-10-24/h18-20H,3-16H2,1-2H3,(H,23,28)/t18-,19+,20-/m1/s1. The lowest BCUT2D eigenvalue weighted by Crippen LogP contribution is -2.59. The molecule has 6 nitrogen and oxygen atoms in total. The lowest BCUT2D eigenvalue weighted by molar-refractivity contribution is -0.119. The largest absolute Gasteiger partial charge is 0.334 e. The molecular formula is C22H38N4O2. The number of carbonyl (C=O) groups is 2. The maximum Gasteiger partial charge on any atom is 0.317 e. The predicted molar refractivity (Wildman–Crippen MR) is 112 cm³/mol. The molecule has 2 amide bonds. The van der Waals surface area contributed by atoms with E-state index in [9.17, 15) is 9.59 Å². The van der Waals surface area contributed by atoms with Gasteiger partial charge in [0.25, 0.3) is 0 Å². The number of rotatable bonds is 7. The Balaban J connectivity index is 1.56. The van der Waals surface area contributed by atoms with E-state index in [1.165, 1.54) is 12.8 Å². The van der Waals surface area contributed by atoms with Gasteiger partial charge in [0.15, 0.2) is 5.78 Å². The van der Waals surface area contributed by atoms with Crippen molar-refractivity contribution < 1.29 is 9.59 Å². The first-order chi connectivity index (χ1) is 13.5. The summed E-state index contributed by atoms with van der Waals surface area (Å²) >= 11 is 0. The molecule has 0 spiro atoms. The normalized spacial score (nSPS) is 29.0. The average molecular weight is 391 g/mol. The summed E-state index contributed by atoms with van der Waals surface area (Å²) in [6, 6.07) is 0.587. The quantitative estimate of drug-likeness (QED) is 0.679. The van der Waals surface area contributed by atoms with E-state index in [1.807, 2.05) is 4.90 Å². The number of hydrogen-bond acceptors (Lipinski definition) is 4. The number of fused-ring (bicyclic) bond motifs is 1. The van der Waals surface area contributed by atoms with Crippen LogP contribution in [0.4, 0.5) is 4.79 Å². The number of hydrogen-bond donors (Lipinski definition) is 1. The molecule has 0 radical (unpaired) electrons. The van der Waals surface area contributed by atoms with Crippen LogP contribution >= 0.6 is 0 Å². The van der Waals surface area contributed by atoms with E-state index in [2.05, 4.69) is 35.5 Å². The van der Waals surface area contributed by atoms with Gasteiger partial charge in [0, 0.05) is 44.7 Å². The fraction of sp³-hybridized carbons (Fsp3) is 0.818. The minimum absolute atomic E-state index is 0.0492. The first-order valence-electron chi connectivity index (χ1n) is 11.2. The second-order valence-electron chi connectivity index (χ2n) is 8.77. The van der Waals surface area contributed by atoms with Crippen LogP contribution in [0.15, 0.2) is 12.2 Å². The topological polar surface area (TPSA) is 55.9 Å². The monoisotopic (exact) mass is 390 g/mol. The third kappa shape index (κ3) is 5.15. The SMILES string of the molecule is C=C1C[C@@H]2[C@@H](CC1=O)C[C@H](NC(=O)N(CC)CCN1CCCC1)CN2CCC. The molecule has 3 atom stereocenters. The Kier molecular flexibility index (Phi) is 7.52. The van der Waals surface area contributed by atoms with E-state index in [0.29, 0.717) is 18.4 Å². The van der Waals surface area contributed by atoms with Gasteiger partial charge in [0.1, 0.15) is 0 Å². The smallest absolute Gasteiger partial charge is 0.317 e. The van der Waals surface area contributed by atoms with E-state index in [0.717, 1.165) is 70.6 Å². The number of carbonyl (C=O) groups excluding carboxylic acids is 2. The second-order valence-corrected chi connectivity index (χ2v) is 8.77. The Morgan fingerprint density at radius 2 is 1.96 bits per heavy atom. The summed E-state index contributed by atoms with van der Waals surface area (Å²) in [5.41, 5.74) is 0.781. The number of Topliss-reactive ketones (excluding diaryl/α,β-unsaturated/α-hetero) is 1. The van der Waals surface area contributed by atoms with Gasteiger partial charge >= 0.3 is 6.03 Å². The fourth-order valence-electron chi connectivity index (χ4n) is 5.16. The van der Waals surface area contributed by atoms with Gasteiger partial charge < -0.3 is 15.1 Å². The molecule has 6 heteroatoms. The van der Waals surface area contributed by atoms with E-state index in [-0.39, 0.29) is 17.9 Å². The number of piperidine rings is 1. The minimum Gasteiger partial charge on any atom is -0.334 e. The summed E-state index contributed by atoms with van der Waals surface area (Å²) < 4.78 is 0. The molecule has 0 aromatic rings. The maximum absolute atomic E-state index is 12.9. The number of nitrogens with zero attached hydrogens (tertiary/aromatic N) is 3. The van der Waals surface area contributed by atoms with E-state index in [1.54, 1.807) is 0 Å². The van der Waals surface area contributed by atoms with Crippen molar-refractivity contribution in [3.63, 3.8) is 0 Å². The van der Waals surface area contributed by atoms with Crippen LogP contribution in [0.1, 0.15) is 52.4 Å². The van der Waals surface area contributed by atoms with Gasteiger partial charge in [-0.3, -0.25) is 9.69 Å². The molecule has 3 aliphatic rings. The summed E-state index contributed by atoms with van der Waals surface area (Å²) in [5, 5.41) is 3.29. The average Bonchev–Trinajstić information content (AvgIpc) is 3.17. The molecule has 3 fully saturated rings. The highest BCUT2D eigenvalue weighted by Crippen LogP contribution is 2.35. The van der Waals surface area contributed by atoms with Crippen molar-refractivity contribution in [2.24, 2.45) is 5.92 Å². The van der Waals surface area contributed by atoms with Crippen molar-refractivity contribution in [3.8, 4) is 0 Å². The molecule has 0 bridgehead atoms. The lowest BCUT2D eigenvalue weighted by atomic mass is 9.74. The Bertz CT molecular complexity index is 573. The van der Waals surface area contributed by atoms with Crippen LogP contribution in [0.3, 0.4) is 0 Å². The van der Waals surface area contributed by atoms with Crippen LogP contribution in [0.25, 0.3) is 0 Å². The molecule has 28 heavy (non-hydrogen) atoms. The summed E-state index contributed by atoms with van der Waals surface area (Å²) in [7, 11) is 0. The number of urea groups is 1. The number of ketones is 1. The van der Waals surface area contributed by atoms with E-state index >= 15 is 0 Å². The van der Waals surface area contributed by atoms with E-state index in [4.69, 9.17) is 0 Å². The molecule has 2 heterocycles. The summed E-state index contributed by atoms with van der Waals surface area (Å²) in [4.78, 5) is 31.9. The minimum atomic E-state index is 0.0492. The Labute approximate surface area is 170 Å². The second kappa shape index (κ2) is 9.88. The third-order valence-electron chi connectivity index (χ3n) is 6.74. The highest BCUT2D eigenvalue weighted by molar-refractivity contribution is 5.95. The van der Waals surface area contributed by atoms with Gasteiger partial charge in [0.05, 0.1) is 0 Å². The number of amides is 2. The number of likely N-dealkylation sites (N-methyl/N-ethyl adjacent to an activating group) is 1. The van der Waals surface area contributed by atoms with Crippen LogP contribution in [-0.4, -0.2) is 84.4 Å². The van der Waals surface area contributed by atoms with Crippen molar-refractivity contribution in [1.29, 1.82) is 0 Å². The zero-order chi connectivity index (χ0) is 20.1. The number of nitrogens with one attached hydrogen (secondary N) is 1. The van der Waals surface area contributed by atoms with Crippen LogP contribution in [-0.2, 0) is 4.79 Å². The van der Waals surface area contributed by atoms with Crippen LogP contribution < -0.4 is 5.32 Å². The van der Waals surface area contributed by atoms with Gasteiger partial charge in [-0.25, -0.2) is 4.79 Å². The van der Waals surface area contributed by atoms with Crippen molar-refractivity contribution in [3.05, 3.63) is 12.2 Å². The fourth-order valence-corrected chi connectivity index (χ4v) is 5.16. The summed E-state index contributed by atoms with van der Waals surface area (Å²) in [6.07, 6.45) is 5.92. The van der Waals surface area contributed by atoms with E-state index < -0.39 is 0 Å². The van der Waals surface area contributed by atoms with Gasteiger partial charge in [-0.15, -0.1) is 0 Å². The van der Waals surface area contributed by atoms with Crippen molar-refractivity contribution in [2.45, 2.75) is 64.5 Å². The molecular weight excluding hydrogens is 352 g/mol. The molecule has 1 aliphatic carbocycles. The van der Waals surface area contributed by atoms with Gasteiger partial charge in [-0.1, -0.05) is 13.5 Å². The zero-order valence-corrected chi connectivity index (χ0v) is 17.8. The molecule has 158 valence electrons. The Morgan fingerprint density at radius 1 is 1.21 bits per heavy atom. The predicted octanol–water partition coefficient (Wildman–Crippen LogP) is 2.50. The molecule has 1 saturated carbocycles. The van der Waals surface area contributed by atoms with Crippen molar-refractivity contribution >= 4 is 11.8 Å². The van der Waals surface area contributed by atoms with Gasteiger partial charge in [-0.05, 0) is 70.2 Å².